The molecular formula is C16H25NO3S. The van der Waals surface area contributed by atoms with Gasteiger partial charge < -0.3 is 10.5 Å². The van der Waals surface area contributed by atoms with Crippen LogP contribution in [0.1, 0.15) is 37.8 Å². The zero-order chi connectivity index (χ0) is 15.7. The third-order valence-corrected chi connectivity index (χ3v) is 6.68. The third-order valence-electron chi connectivity index (χ3n) is 4.39. The van der Waals surface area contributed by atoms with Gasteiger partial charge in [0.15, 0.2) is 9.84 Å². The van der Waals surface area contributed by atoms with Crippen LogP contribution in [-0.4, -0.2) is 38.2 Å². The van der Waals surface area contributed by atoms with Gasteiger partial charge in [-0.25, -0.2) is 8.42 Å². The first-order valence-corrected chi connectivity index (χ1v) is 9.29. The number of hydrogen-bond acceptors (Lipinski definition) is 4. The van der Waals surface area contributed by atoms with Gasteiger partial charge in [0.1, 0.15) is 0 Å². The quantitative estimate of drug-likeness (QED) is 0.835. The standard InChI is InChI=1S/C16H25NO3S/c1-4-12-7-9-13(10-8-12)14-15(21(18,19)6-3)16(14,17)11-20-5-2/h7-10,14-15H,4-6,11,17H2,1-3H3/t14-,15+,16-/m1/s1. The molecule has 118 valence electrons. The summed E-state index contributed by atoms with van der Waals surface area (Å²) in [5.74, 6) is -0.0494. The lowest BCUT2D eigenvalue weighted by atomic mass is 10.0. The van der Waals surface area contributed by atoms with Crippen LogP contribution in [0, 0.1) is 0 Å². The first kappa shape index (κ1) is 16.5. The van der Waals surface area contributed by atoms with Crippen molar-refractivity contribution in [2.45, 2.75) is 43.9 Å². The lowest BCUT2D eigenvalue weighted by molar-refractivity contribution is 0.125. The van der Waals surface area contributed by atoms with Gasteiger partial charge >= 0.3 is 0 Å². The van der Waals surface area contributed by atoms with Gasteiger partial charge in [0.2, 0.25) is 0 Å². The number of benzene rings is 1. The highest BCUT2D eigenvalue weighted by Gasteiger charge is 2.68. The summed E-state index contributed by atoms with van der Waals surface area (Å²) in [7, 11) is -3.18. The van der Waals surface area contributed by atoms with E-state index in [1.807, 2.05) is 31.2 Å². The number of ether oxygens (including phenoxy) is 1. The van der Waals surface area contributed by atoms with Crippen LogP contribution in [0.3, 0.4) is 0 Å². The van der Waals surface area contributed by atoms with Crippen molar-refractivity contribution in [1.29, 1.82) is 0 Å². The molecular weight excluding hydrogens is 286 g/mol. The zero-order valence-corrected chi connectivity index (χ0v) is 13.8. The fraction of sp³-hybridized carbons (Fsp3) is 0.625. The number of nitrogens with two attached hydrogens (primary N) is 1. The van der Waals surface area contributed by atoms with Crippen LogP contribution in [0.15, 0.2) is 24.3 Å². The van der Waals surface area contributed by atoms with Crippen LogP contribution >= 0.6 is 0 Å². The predicted molar refractivity (Wildman–Crippen MR) is 85.2 cm³/mol. The van der Waals surface area contributed by atoms with Crippen molar-refractivity contribution in [3.8, 4) is 0 Å². The molecule has 1 aromatic carbocycles. The van der Waals surface area contributed by atoms with Crippen molar-refractivity contribution < 1.29 is 13.2 Å². The lowest BCUT2D eigenvalue weighted by Gasteiger charge is -2.12. The first-order valence-electron chi connectivity index (χ1n) is 7.57. The largest absolute Gasteiger partial charge is 0.380 e. The topological polar surface area (TPSA) is 69.4 Å². The normalized spacial score (nSPS) is 28.6. The Kier molecular flexibility index (Phi) is 4.76. The van der Waals surface area contributed by atoms with E-state index in [1.165, 1.54) is 5.56 Å². The molecule has 0 aromatic heterocycles. The molecule has 0 radical (unpaired) electrons. The zero-order valence-electron chi connectivity index (χ0n) is 13.0. The summed E-state index contributed by atoms with van der Waals surface area (Å²) in [6, 6.07) is 8.10. The van der Waals surface area contributed by atoms with Crippen LogP contribution in [-0.2, 0) is 21.0 Å². The second-order valence-electron chi connectivity index (χ2n) is 5.69. The molecule has 5 heteroatoms. The van der Waals surface area contributed by atoms with E-state index >= 15 is 0 Å². The highest BCUT2D eigenvalue weighted by atomic mass is 32.2. The molecule has 1 aliphatic carbocycles. The number of sulfone groups is 1. The van der Waals surface area contributed by atoms with E-state index in [1.54, 1.807) is 6.92 Å². The van der Waals surface area contributed by atoms with Crippen LogP contribution in [0.25, 0.3) is 0 Å². The van der Waals surface area contributed by atoms with E-state index in [-0.39, 0.29) is 18.3 Å². The van der Waals surface area contributed by atoms with Crippen molar-refractivity contribution in [2.24, 2.45) is 5.73 Å². The molecule has 1 fully saturated rings. The summed E-state index contributed by atoms with van der Waals surface area (Å²) in [6.45, 7) is 6.48. The summed E-state index contributed by atoms with van der Waals surface area (Å²) in [5, 5.41) is -0.533. The molecule has 3 atom stereocenters. The van der Waals surface area contributed by atoms with Gasteiger partial charge in [0.25, 0.3) is 0 Å². The molecule has 1 aliphatic rings. The molecule has 2 N–H and O–H groups in total. The molecule has 1 aromatic rings. The fourth-order valence-corrected chi connectivity index (χ4v) is 5.03. The molecule has 0 amide bonds. The molecule has 0 heterocycles. The van der Waals surface area contributed by atoms with Crippen LogP contribution in [0.5, 0.6) is 0 Å². The van der Waals surface area contributed by atoms with Gasteiger partial charge in [-0.3, -0.25) is 0 Å². The Balaban J connectivity index is 2.30. The molecule has 21 heavy (non-hydrogen) atoms. The van der Waals surface area contributed by atoms with Crippen molar-refractivity contribution in [3.63, 3.8) is 0 Å². The molecule has 0 unspecified atom stereocenters. The predicted octanol–water partition coefficient (Wildman–Crippen LogP) is 1.88. The monoisotopic (exact) mass is 311 g/mol. The van der Waals surface area contributed by atoms with Gasteiger partial charge in [-0.2, -0.15) is 0 Å². The molecule has 4 nitrogen and oxygen atoms in total. The Morgan fingerprint density at radius 2 is 1.81 bits per heavy atom. The van der Waals surface area contributed by atoms with Crippen LogP contribution < -0.4 is 5.73 Å². The average molecular weight is 311 g/mol. The molecule has 0 bridgehead atoms. The summed E-state index contributed by atoms with van der Waals surface area (Å²) in [5.41, 5.74) is 7.82. The minimum absolute atomic E-state index is 0.117. The van der Waals surface area contributed by atoms with Crippen LogP contribution in [0.4, 0.5) is 0 Å². The van der Waals surface area contributed by atoms with Crippen molar-refractivity contribution in [1.82, 2.24) is 0 Å². The smallest absolute Gasteiger partial charge is 0.155 e. The van der Waals surface area contributed by atoms with E-state index in [0.29, 0.717) is 6.61 Å². The first-order chi connectivity index (χ1) is 9.90. The fourth-order valence-electron chi connectivity index (χ4n) is 3.04. The molecule has 1 saturated carbocycles. The second kappa shape index (κ2) is 6.07. The maximum absolute atomic E-state index is 12.3. The highest BCUT2D eigenvalue weighted by molar-refractivity contribution is 7.92. The number of hydrogen-bond donors (Lipinski definition) is 1. The van der Waals surface area contributed by atoms with E-state index in [0.717, 1.165) is 12.0 Å². The summed E-state index contributed by atoms with van der Waals surface area (Å²) >= 11 is 0. The molecule has 0 aliphatic heterocycles. The van der Waals surface area contributed by atoms with Crippen molar-refractivity contribution in [3.05, 3.63) is 35.4 Å². The van der Waals surface area contributed by atoms with E-state index < -0.39 is 20.6 Å². The Hall–Kier alpha value is -0.910. The van der Waals surface area contributed by atoms with Gasteiger partial charge in [-0.15, -0.1) is 0 Å². The maximum Gasteiger partial charge on any atom is 0.155 e. The lowest BCUT2D eigenvalue weighted by Crippen LogP contribution is -2.36. The summed E-state index contributed by atoms with van der Waals surface area (Å²) < 4.78 is 30.1. The highest BCUT2D eigenvalue weighted by Crippen LogP contribution is 2.54. The average Bonchev–Trinajstić information content (AvgIpc) is 3.12. The van der Waals surface area contributed by atoms with Gasteiger partial charge in [-0.05, 0) is 24.5 Å². The Morgan fingerprint density at radius 1 is 1.19 bits per heavy atom. The van der Waals surface area contributed by atoms with Crippen molar-refractivity contribution >= 4 is 9.84 Å². The molecule has 0 spiro atoms. The van der Waals surface area contributed by atoms with Crippen molar-refractivity contribution in [2.75, 3.05) is 19.0 Å². The molecule has 0 saturated heterocycles. The third kappa shape index (κ3) is 3.00. The molecule has 2 rings (SSSR count). The summed E-state index contributed by atoms with van der Waals surface area (Å²) in [6.07, 6.45) is 0.967. The van der Waals surface area contributed by atoms with Gasteiger partial charge in [0, 0.05) is 18.3 Å². The number of aryl methyl sites for hydroxylation is 1. The SMILES string of the molecule is CCOC[C@@]1(N)[C@H](c2ccc(CC)cc2)[C@@H]1S(=O)(=O)CC. The number of rotatable bonds is 7. The minimum atomic E-state index is -3.18. The van der Waals surface area contributed by atoms with Gasteiger partial charge in [-0.1, -0.05) is 38.1 Å². The second-order valence-corrected chi connectivity index (χ2v) is 8.11. The van der Waals surface area contributed by atoms with E-state index in [2.05, 4.69) is 6.92 Å². The van der Waals surface area contributed by atoms with Gasteiger partial charge in [0.05, 0.1) is 17.4 Å². The Morgan fingerprint density at radius 3 is 2.29 bits per heavy atom. The van der Waals surface area contributed by atoms with E-state index in [4.69, 9.17) is 10.5 Å². The Labute approximate surface area is 127 Å². The maximum atomic E-state index is 12.3. The van der Waals surface area contributed by atoms with Crippen LogP contribution in [0.2, 0.25) is 0 Å². The summed E-state index contributed by atoms with van der Waals surface area (Å²) in [4.78, 5) is 0. The van der Waals surface area contributed by atoms with E-state index in [9.17, 15) is 8.42 Å². The Bertz CT molecular complexity index is 582. The minimum Gasteiger partial charge on any atom is -0.380 e.